The van der Waals surface area contributed by atoms with E-state index in [1.807, 2.05) is 523 Å². The van der Waals surface area contributed by atoms with Gasteiger partial charge in [-0.25, -0.2) is 0 Å². The summed E-state index contributed by atoms with van der Waals surface area (Å²) in [6.07, 6.45) is 13.5. The SMILES string of the molecule is C1=CCC=C1.CC.CC.CC.CC.CC.CC.CC.CC.CC.CC.CC.CC.CC.CC.CC.CC.CC.CC.CC.CC.CC.CC.CC.CC.CC.CC.CC.CC.CC.[W+2].[W+2].[W].[c-]1ccc(Cc2cc[c-]cc2)cc1.[c-]1ccccc1.[c-]1ccccc1.c1ccc(Cc2ccc(Cc3ccccc3)cc2)cc1.c1ccc(Cc2ccccc2)cc1.c1ccccc1. The van der Waals surface area contributed by atoms with Crippen LogP contribution in [-0.4, -0.2) is 0 Å². The Hall–Kier alpha value is -6.26. The Balaban J connectivity index is -0.0000000334. The first kappa shape index (κ1) is 203. The summed E-state index contributed by atoms with van der Waals surface area (Å²) in [5.74, 6) is 0. The molecule has 0 nitrogen and oxygen atoms in total. The second-order valence-corrected chi connectivity index (χ2v) is 15.7. The molecule has 762 valence electrons. The molecular formula is C127H236W3. The molecule has 0 bridgehead atoms. The van der Waals surface area contributed by atoms with Gasteiger partial charge in [0.25, 0.3) is 0 Å². The van der Waals surface area contributed by atoms with Crippen molar-refractivity contribution < 1.29 is 63.2 Å². The average molecular weight is 2310 g/mol. The number of hydrogen-bond donors (Lipinski definition) is 0. The smallest absolute Gasteiger partial charge is 0.184 e. The van der Waals surface area contributed by atoms with Crippen LogP contribution in [-0.2, 0) is 88.9 Å². The van der Waals surface area contributed by atoms with Gasteiger partial charge in [-0.3, -0.25) is 0 Å². The minimum Gasteiger partial charge on any atom is -0.184 e. The van der Waals surface area contributed by atoms with Gasteiger partial charge in [0.2, 0.25) is 0 Å². The maximum Gasteiger partial charge on any atom is 2.00 e. The normalized spacial score (nSPS) is 6.69. The van der Waals surface area contributed by atoms with E-state index < -0.39 is 0 Å². The molecule has 0 amide bonds. The second kappa shape index (κ2) is 293. The summed E-state index contributed by atoms with van der Waals surface area (Å²) in [6, 6.07) is 110. The molecule has 0 spiro atoms. The van der Waals surface area contributed by atoms with E-state index in [1.165, 1.54) is 44.5 Å². The van der Waals surface area contributed by atoms with Crippen LogP contribution in [0.15, 0.2) is 315 Å². The van der Waals surface area contributed by atoms with E-state index in [4.69, 9.17) is 0 Å². The topological polar surface area (TPSA) is 0 Å². The van der Waals surface area contributed by atoms with Gasteiger partial charge in [-0.1, -0.05) is 608 Å². The molecule has 0 saturated heterocycles. The van der Waals surface area contributed by atoms with E-state index in [-0.39, 0.29) is 63.2 Å². The summed E-state index contributed by atoms with van der Waals surface area (Å²) in [5.41, 5.74) is 10.9. The summed E-state index contributed by atoms with van der Waals surface area (Å²) in [4.78, 5) is 0. The molecule has 0 saturated carbocycles. The van der Waals surface area contributed by atoms with E-state index in [0.717, 1.165) is 32.1 Å². The fourth-order valence-corrected chi connectivity index (χ4v) is 6.64. The van der Waals surface area contributed by atoms with Crippen molar-refractivity contribution in [2.24, 2.45) is 0 Å². The van der Waals surface area contributed by atoms with Crippen molar-refractivity contribution in [1.82, 2.24) is 0 Å². The average Bonchev–Trinajstić information content (AvgIpc) is 0.913. The van der Waals surface area contributed by atoms with Gasteiger partial charge in [-0.05, 0) is 65.5 Å². The molecule has 0 aliphatic heterocycles. The van der Waals surface area contributed by atoms with Gasteiger partial charge in [0, 0.05) is 21.1 Å². The molecule has 130 heavy (non-hydrogen) atoms. The van der Waals surface area contributed by atoms with Gasteiger partial charge < -0.3 is 0 Å². The van der Waals surface area contributed by atoms with Crippen molar-refractivity contribution in [3.63, 3.8) is 0 Å². The van der Waals surface area contributed by atoms with Gasteiger partial charge in [0.15, 0.2) is 0 Å². The van der Waals surface area contributed by atoms with Gasteiger partial charge in [0.1, 0.15) is 0 Å². The summed E-state index contributed by atoms with van der Waals surface area (Å²) < 4.78 is 0. The van der Waals surface area contributed by atoms with Gasteiger partial charge in [0.05, 0.1) is 0 Å². The molecule has 0 fully saturated rings. The Morgan fingerprint density at radius 2 is 0.246 bits per heavy atom. The van der Waals surface area contributed by atoms with E-state index in [0.29, 0.717) is 0 Å². The van der Waals surface area contributed by atoms with E-state index in [9.17, 15) is 0 Å². The molecule has 0 radical (unpaired) electrons. The molecule has 10 aromatic carbocycles. The van der Waals surface area contributed by atoms with Crippen molar-refractivity contribution in [1.29, 1.82) is 0 Å². The number of allylic oxidation sites excluding steroid dienone is 4. The van der Waals surface area contributed by atoms with Crippen LogP contribution in [0.25, 0.3) is 0 Å². The van der Waals surface area contributed by atoms with Crippen molar-refractivity contribution >= 4 is 0 Å². The number of rotatable bonds is 8. The van der Waals surface area contributed by atoms with Gasteiger partial charge >= 0.3 is 42.1 Å². The maximum absolute atomic E-state index is 3.01. The summed E-state index contributed by atoms with van der Waals surface area (Å²) in [7, 11) is 0. The van der Waals surface area contributed by atoms with Crippen molar-refractivity contribution in [3.05, 3.63) is 384 Å². The Bertz CT molecular complexity index is 2340. The summed E-state index contributed by atoms with van der Waals surface area (Å²) in [5, 5.41) is 0. The second-order valence-electron chi connectivity index (χ2n) is 15.7. The van der Waals surface area contributed by atoms with Crippen LogP contribution in [0.5, 0.6) is 0 Å². The van der Waals surface area contributed by atoms with Crippen LogP contribution in [0.2, 0.25) is 0 Å². The van der Waals surface area contributed by atoms with E-state index in [1.54, 1.807) is 0 Å². The first-order valence-corrected chi connectivity index (χ1v) is 52.6. The molecule has 0 aromatic heterocycles. The Labute approximate surface area is 873 Å². The first-order chi connectivity index (χ1) is 63.3. The fourth-order valence-electron chi connectivity index (χ4n) is 6.64. The van der Waals surface area contributed by atoms with Gasteiger partial charge in [-0.2, -0.15) is 145 Å². The molecule has 0 unspecified atom stereocenters. The van der Waals surface area contributed by atoms with Crippen LogP contribution in [0, 0.1) is 24.3 Å². The van der Waals surface area contributed by atoms with Crippen molar-refractivity contribution in [2.75, 3.05) is 0 Å². The predicted octanol–water partition coefficient (Wildman–Crippen LogP) is 46.9. The Morgan fingerprint density at radius 1 is 0.138 bits per heavy atom. The molecule has 1 aliphatic carbocycles. The van der Waals surface area contributed by atoms with Crippen molar-refractivity contribution in [2.45, 2.75) is 434 Å². The van der Waals surface area contributed by atoms with Crippen LogP contribution in [0.4, 0.5) is 0 Å². The third-order valence-corrected chi connectivity index (χ3v) is 10.1. The molecule has 10 aromatic rings. The molecule has 3 heteroatoms. The molecular weight excluding hydrogens is 2080 g/mol. The van der Waals surface area contributed by atoms with E-state index in [2.05, 4.69) is 218 Å². The largest absolute Gasteiger partial charge is 2.00 e. The molecule has 11 rings (SSSR count). The standard InChI is InChI=1S/C20H18.C13H12.C13H10.C6H6.2C6H5.C5H6.29C2H6.3W/c1-3-7-17(8-4-1)15-19-11-13-20(14-12-19)16-18-9-5-2-6-10-18;2*1-3-7-12(8-4-1)11-13-9-5-2-6-10-13;3*1-2-4-6-5-3-1;1-2-4-5-3-1;29*1-2;;;/h1-14H,15-16H2;1-10H,11H2;3-10H,11H2;1-6H;2*1-5H;1-4H,5H2;29*1-2H3;;;/q;;-2;;2*-1;;;;;;;;;;;;;;;;;;;;;;;;;;;;;;;;2*+2. The van der Waals surface area contributed by atoms with Crippen LogP contribution in [0.3, 0.4) is 0 Å². The fraction of sp³-hybridized carbons (Fsp3) is 0.496. The summed E-state index contributed by atoms with van der Waals surface area (Å²) in [6.45, 7) is 116. The molecule has 1 aliphatic rings. The quantitative estimate of drug-likeness (QED) is 0.133. The maximum atomic E-state index is 3.01. The third-order valence-electron chi connectivity index (χ3n) is 10.1. The monoisotopic (exact) mass is 2310 g/mol. The zero-order valence-corrected chi connectivity index (χ0v) is 108. The third kappa shape index (κ3) is 216. The van der Waals surface area contributed by atoms with Crippen LogP contribution in [0.1, 0.15) is 453 Å². The predicted molar refractivity (Wildman–Crippen MR) is 623 cm³/mol. The Morgan fingerprint density at radius 3 is 0.354 bits per heavy atom. The minimum atomic E-state index is 0. The summed E-state index contributed by atoms with van der Waals surface area (Å²) >= 11 is 0. The minimum absolute atomic E-state index is 0. The molecule has 0 atom stereocenters. The molecule has 0 N–H and O–H groups in total. The number of benzene rings is 10. The Kier molecular flexibility index (Phi) is 459. The van der Waals surface area contributed by atoms with E-state index >= 15 is 0 Å². The number of hydrogen-bond acceptors (Lipinski definition) is 0. The van der Waals surface area contributed by atoms with Crippen molar-refractivity contribution in [3.8, 4) is 0 Å². The van der Waals surface area contributed by atoms with Crippen LogP contribution >= 0.6 is 0 Å². The molecule has 0 heterocycles. The first-order valence-electron chi connectivity index (χ1n) is 52.6. The zero-order valence-electron chi connectivity index (χ0n) is 98.8. The zero-order chi connectivity index (χ0) is 106. The van der Waals surface area contributed by atoms with Gasteiger partial charge in [-0.15, -0.1) is 0 Å². The van der Waals surface area contributed by atoms with Crippen LogP contribution < -0.4 is 0 Å².